The van der Waals surface area contributed by atoms with Crippen molar-refractivity contribution in [2.24, 2.45) is 0 Å². The maximum Gasteiger partial charge on any atom is 0.0774 e. The Bertz CT molecular complexity index is 482. The van der Waals surface area contributed by atoms with Crippen LogP contribution in [0.2, 0.25) is 0 Å². The first kappa shape index (κ1) is 19.2. The van der Waals surface area contributed by atoms with Crippen molar-refractivity contribution < 1.29 is 5.11 Å². The van der Waals surface area contributed by atoms with E-state index in [1.165, 1.54) is 44.9 Å². The summed E-state index contributed by atoms with van der Waals surface area (Å²) in [5.74, 6) is 0.724. The van der Waals surface area contributed by atoms with Gasteiger partial charge in [0.1, 0.15) is 0 Å². The Hall–Kier alpha value is -0.130. The van der Waals surface area contributed by atoms with Gasteiger partial charge in [-0.3, -0.25) is 0 Å². The molecule has 2 aliphatic carbocycles. The van der Waals surface area contributed by atoms with Gasteiger partial charge in [0.15, 0.2) is 0 Å². The summed E-state index contributed by atoms with van der Waals surface area (Å²) < 4.78 is 0. The number of nitrogens with zero attached hydrogens (tertiary/aromatic N) is 1. The summed E-state index contributed by atoms with van der Waals surface area (Å²) in [6.45, 7) is 1.95. The lowest BCUT2D eigenvalue weighted by Gasteiger charge is -2.32. The van der Waals surface area contributed by atoms with Crippen LogP contribution in [-0.2, 0) is 6.42 Å². The molecule has 3 rings (SSSR count). The molecule has 0 heterocycles. The van der Waals surface area contributed by atoms with E-state index in [9.17, 15) is 5.11 Å². The Kier molecular flexibility index (Phi) is 7.36. The lowest BCUT2D eigenvalue weighted by atomic mass is 9.93. The smallest absolute Gasteiger partial charge is 0.0774 e. The zero-order valence-corrected chi connectivity index (χ0v) is 16.8. The fraction of sp³-hybridized carbons (Fsp3) is 0.700. The molecule has 0 bridgehead atoms. The third-order valence-corrected chi connectivity index (χ3v) is 5.71. The second-order valence-electron chi connectivity index (χ2n) is 7.60. The third kappa shape index (κ3) is 5.17. The lowest BCUT2D eigenvalue weighted by Crippen LogP contribution is -2.41. The number of benzene rings is 1. The first-order valence-corrected chi connectivity index (χ1v) is 9.15. The van der Waals surface area contributed by atoms with Crippen molar-refractivity contribution in [2.45, 2.75) is 69.3 Å². The monoisotopic (exact) mass is 429 g/mol. The highest BCUT2D eigenvalue weighted by Gasteiger charge is 2.29. The molecule has 1 N–H and O–H groups in total. The highest BCUT2D eigenvalue weighted by Crippen LogP contribution is 2.35. The molecular weight excluding hydrogens is 397 g/mol. The minimum absolute atomic E-state index is 0. The molecule has 1 fully saturated rings. The van der Waals surface area contributed by atoms with Crippen molar-refractivity contribution in [1.82, 2.24) is 4.90 Å². The zero-order chi connectivity index (χ0) is 15.4. The van der Waals surface area contributed by atoms with Crippen LogP contribution in [0, 0.1) is 0 Å². The Labute approximate surface area is 158 Å². The molecule has 0 saturated heterocycles. The highest BCUT2D eigenvalue weighted by molar-refractivity contribution is 14.0. The minimum atomic E-state index is -0.432. The predicted molar refractivity (Wildman–Crippen MR) is 108 cm³/mol. The van der Waals surface area contributed by atoms with Crippen molar-refractivity contribution in [3.63, 3.8) is 0 Å². The number of fused-ring (bicyclic) bond motifs is 1. The fourth-order valence-electron chi connectivity index (χ4n) is 4.45. The third-order valence-electron chi connectivity index (χ3n) is 5.71. The Balaban J connectivity index is 0.00000192. The van der Waals surface area contributed by atoms with Gasteiger partial charge in [-0.15, -0.1) is 24.0 Å². The van der Waals surface area contributed by atoms with Gasteiger partial charge in [0.25, 0.3) is 0 Å². The first-order valence-electron chi connectivity index (χ1n) is 9.15. The van der Waals surface area contributed by atoms with E-state index in [-0.39, 0.29) is 24.0 Å². The van der Waals surface area contributed by atoms with Gasteiger partial charge in [-0.25, -0.2) is 0 Å². The van der Waals surface area contributed by atoms with Gasteiger partial charge >= 0.3 is 0 Å². The van der Waals surface area contributed by atoms with E-state index in [2.05, 4.69) is 36.2 Å². The SMILES string of the molecule is CN(CCC1CCc2ccccc21)CC1(O)CCCCCC1.I. The molecule has 0 aromatic heterocycles. The molecule has 1 saturated carbocycles. The molecule has 0 amide bonds. The summed E-state index contributed by atoms with van der Waals surface area (Å²) in [6.07, 6.45) is 10.7. The van der Waals surface area contributed by atoms with E-state index >= 15 is 0 Å². The van der Waals surface area contributed by atoms with Gasteiger partial charge in [0.2, 0.25) is 0 Å². The second kappa shape index (κ2) is 8.82. The minimum Gasteiger partial charge on any atom is -0.389 e. The molecule has 0 aliphatic heterocycles. The Morgan fingerprint density at radius 3 is 2.57 bits per heavy atom. The van der Waals surface area contributed by atoms with Gasteiger partial charge < -0.3 is 10.0 Å². The van der Waals surface area contributed by atoms with Gasteiger partial charge in [0.05, 0.1) is 5.60 Å². The second-order valence-corrected chi connectivity index (χ2v) is 7.60. The van der Waals surface area contributed by atoms with Gasteiger partial charge in [0, 0.05) is 6.54 Å². The Morgan fingerprint density at radius 1 is 1.13 bits per heavy atom. The zero-order valence-electron chi connectivity index (χ0n) is 14.5. The summed E-state index contributed by atoms with van der Waals surface area (Å²) in [6, 6.07) is 8.93. The highest BCUT2D eigenvalue weighted by atomic mass is 127. The maximum atomic E-state index is 10.8. The van der Waals surface area contributed by atoms with Crippen LogP contribution < -0.4 is 0 Å². The summed E-state index contributed by atoms with van der Waals surface area (Å²) >= 11 is 0. The van der Waals surface area contributed by atoms with Crippen LogP contribution in [0.5, 0.6) is 0 Å². The molecule has 2 aliphatic rings. The molecule has 0 radical (unpaired) electrons. The van der Waals surface area contributed by atoms with Crippen LogP contribution in [-0.4, -0.2) is 35.7 Å². The van der Waals surface area contributed by atoms with Crippen molar-refractivity contribution in [3.05, 3.63) is 35.4 Å². The quantitative estimate of drug-likeness (QED) is 0.540. The number of rotatable bonds is 5. The molecule has 1 aromatic carbocycles. The molecule has 1 atom stereocenters. The molecular formula is C20H32INO. The standard InChI is InChI=1S/C20H31NO.HI/c1-21(16-20(22)13-6-2-3-7-14-20)15-12-18-11-10-17-8-4-5-9-19(17)18;/h4-5,8-9,18,22H,2-3,6-7,10-16H2,1H3;1H. The van der Waals surface area contributed by atoms with Crippen LogP contribution in [0.15, 0.2) is 24.3 Å². The van der Waals surface area contributed by atoms with Crippen molar-refractivity contribution >= 4 is 24.0 Å². The molecule has 3 heteroatoms. The summed E-state index contributed by atoms with van der Waals surface area (Å²) in [7, 11) is 2.18. The molecule has 1 unspecified atom stereocenters. The van der Waals surface area contributed by atoms with Crippen LogP contribution >= 0.6 is 24.0 Å². The maximum absolute atomic E-state index is 10.8. The molecule has 2 nitrogen and oxygen atoms in total. The van der Waals surface area contributed by atoms with Crippen LogP contribution in [0.25, 0.3) is 0 Å². The van der Waals surface area contributed by atoms with E-state index in [0.717, 1.165) is 31.8 Å². The molecule has 130 valence electrons. The number of halogens is 1. The van der Waals surface area contributed by atoms with E-state index in [4.69, 9.17) is 0 Å². The van der Waals surface area contributed by atoms with Gasteiger partial charge in [-0.05, 0) is 62.7 Å². The molecule has 0 spiro atoms. The largest absolute Gasteiger partial charge is 0.389 e. The van der Waals surface area contributed by atoms with Crippen LogP contribution in [0.1, 0.15) is 68.4 Å². The number of aliphatic hydroxyl groups is 1. The van der Waals surface area contributed by atoms with E-state index in [0.29, 0.717) is 0 Å². The summed E-state index contributed by atoms with van der Waals surface area (Å²) in [5.41, 5.74) is 2.69. The first-order chi connectivity index (χ1) is 10.7. The van der Waals surface area contributed by atoms with Crippen molar-refractivity contribution in [2.75, 3.05) is 20.1 Å². The van der Waals surface area contributed by atoms with Gasteiger partial charge in [-0.1, -0.05) is 49.9 Å². The van der Waals surface area contributed by atoms with Crippen molar-refractivity contribution in [3.8, 4) is 0 Å². The predicted octanol–water partition coefficient (Wildman–Crippen LogP) is 4.74. The number of aryl methyl sites for hydroxylation is 1. The number of hydrogen-bond donors (Lipinski definition) is 1. The summed E-state index contributed by atoms with van der Waals surface area (Å²) in [4.78, 5) is 2.37. The van der Waals surface area contributed by atoms with E-state index in [1.54, 1.807) is 11.1 Å². The normalized spacial score (nSPS) is 23.2. The topological polar surface area (TPSA) is 23.5 Å². The Morgan fingerprint density at radius 2 is 1.83 bits per heavy atom. The van der Waals surface area contributed by atoms with Crippen LogP contribution in [0.3, 0.4) is 0 Å². The van der Waals surface area contributed by atoms with Crippen molar-refractivity contribution in [1.29, 1.82) is 0 Å². The fourth-order valence-corrected chi connectivity index (χ4v) is 4.45. The molecule has 1 aromatic rings. The summed E-state index contributed by atoms with van der Waals surface area (Å²) in [5, 5.41) is 10.8. The average molecular weight is 429 g/mol. The van der Waals surface area contributed by atoms with E-state index in [1.807, 2.05) is 0 Å². The van der Waals surface area contributed by atoms with Crippen LogP contribution in [0.4, 0.5) is 0 Å². The lowest BCUT2D eigenvalue weighted by molar-refractivity contribution is -0.00371. The number of likely N-dealkylation sites (N-methyl/N-ethyl adjacent to an activating group) is 1. The number of hydrogen-bond acceptors (Lipinski definition) is 2. The van der Waals surface area contributed by atoms with E-state index < -0.39 is 5.60 Å². The van der Waals surface area contributed by atoms with Gasteiger partial charge in [-0.2, -0.15) is 0 Å². The molecule has 23 heavy (non-hydrogen) atoms. The average Bonchev–Trinajstić information content (AvgIpc) is 2.80.